The highest BCUT2D eigenvalue weighted by Crippen LogP contribution is 2.02. The summed E-state index contributed by atoms with van der Waals surface area (Å²) in [5.74, 6) is 0. The summed E-state index contributed by atoms with van der Waals surface area (Å²) in [4.78, 5) is 4.26. The van der Waals surface area contributed by atoms with E-state index in [0.29, 0.717) is 0 Å². The Labute approximate surface area is 102 Å². The van der Waals surface area contributed by atoms with Gasteiger partial charge in [-0.25, -0.2) is 0 Å². The normalized spacial score (nSPS) is 10.7. The van der Waals surface area contributed by atoms with E-state index in [-0.39, 0.29) is 0 Å². The van der Waals surface area contributed by atoms with Crippen LogP contribution in [-0.2, 0) is 13.1 Å². The van der Waals surface area contributed by atoms with E-state index in [4.69, 9.17) is 0 Å². The molecule has 2 aromatic heterocycles. The quantitative estimate of drug-likeness (QED) is 0.795. The van der Waals surface area contributed by atoms with Crippen LogP contribution >= 0.6 is 0 Å². The Morgan fingerprint density at radius 2 is 2.24 bits per heavy atom. The highest BCUT2D eigenvalue weighted by Gasteiger charge is 1.98. The summed E-state index contributed by atoms with van der Waals surface area (Å²) in [6.07, 6.45) is 5.76. The van der Waals surface area contributed by atoms with Gasteiger partial charge < -0.3 is 5.32 Å². The number of rotatable bonds is 5. The molecule has 0 spiro atoms. The van der Waals surface area contributed by atoms with Crippen molar-refractivity contribution in [3.63, 3.8) is 0 Å². The second kappa shape index (κ2) is 5.59. The summed E-state index contributed by atoms with van der Waals surface area (Å²) in [6, 6.07) is 4.08. The minimum absolute atomic E-state index is 0.861. The largest absolute Gasteiger partial charge is 0.311 e. The Balaban J connectivity index is 1.75. The molecule has 0 radical (unpaired) electrons. The fraction of sp³-hybridized carbons (Fsp3) is 0.385. The van der Waals surface area contributed by atoms with Crippen LogP contribution in [0.3, 0.4) is 0 Å². The van der Waals surface area contributed by atoms with Crippen molar-refractivity contribution in [2.45, 2.75) is 26.9 Å². The molecule has 0 saturated carbocycles. The van der Waals surface area contributed by atoms with E-state index in [9.17, 15) is 0 Å². The average Bonchev–Trinajstić information content (AvgIpc) is 2.73. The molecule has 1 N–H and O–H groups in total. The molecule has 0 aliphatic rings. The van der Waals surface area contributed by atoms with Crippen molar-refractivity contribution in [3.05, 3.63) is 47.5 Å². The molecule has 0 fully saturated rings. The number of hydrogen-bond donors (Lipinski definition) is 1. The van der Waals surface area contributed by atoms with Gasteiger partial charge in [0.2, 0.25) is 0 Å². The Morgan fingerprint density at radius 1 is 1.35 bits per heavy atom. The molecular formula is C13H18N4. The topological polar surface area (TPSA) is 42.7 Å². The zero-order valence-corrected chi connectivity index (χ0v) is 10.3. The Kier molecular flexibility index (Phi) is 3.88. The van der Waals surface area contributed by atoms with Gasteiger partial charge in [-0.3, -0.25) is 9.67 Å². The lowest BCUT2D eigenvalue weighted by Gasteiger charge is -2.06. The van der Waals surface area contributed by atoms with Crippen molar-refractivity contribution in [1.29, 1.82) is 0 Å². The van der Waals surface area contributed by atoms with E-state index in [0.717, 1.165) is 25.3 Å². The first-order valence-electron chi connectivity index (χ1n) is 5.86. The molecule has 17 heavy (non-hydrogen) atoms. The fourth-order valence-corrected chi connectivity index (χ4v) is 1.71. The van der Waals surface area contributed by atoms with Gasteiger partial charge >= 0.3 is 0 Å². The van der Waals surface area contributed by atoms with Gasteiger partial charge in [-0.2, -0.15) is 5.10 Å². The SMILES string of the molecule is Cc1cnn(CCNCc2cccnc2C)c1. The zero-order valence-electron chi connectivity index (χ0n) is 10.3. The maximum atomic E-state index is 4.26. The minimum Gasteiger partial charge on any atom is -0.311 e. The van der Waals surface area contributed by atoms with E-state index in [1.165, 1.54) is 11.1 Å². The fourth-order valence-electron chi connectivity index (χ4n) is 1.71. The van der Waals surface area contributed by atoms with E-state index in [2.05, 4.69) is 34.6 Å². The van der Waals surface area contributed by atoms with Gasteiger partial charge in [-0.15, -0.1) is 0 Å². The maximum absolute atomic E-state index is 4.26. The van der Waals surface area contributed by atoms with Crippen LogP contribution in [0.15, 0.2) is 30.7 Å². The molecule has 0 aliphatic heterocycles. The molecule has 4 nitrogen and oxygen atoms in total. The van der Waals surface area contributed by atoms with E-state index in [1.807, 2.05) is 30.1 Å². The molecule has 2 heterocycles. The smallest absolute Gasteiger partial charge is 0.0534 e. The number of pyridine rings is 1. The first-order valence-corrected chi connectivity index (χ1v) is 5.86. The van der Waals surface area contributed by atoms with Crippen molar-refractivity contribution in [2.75, 3.05) is 6.54 Å². The van der Waals surface area contributed by atoms with Crippen LogP contribution in [0.5, 0.6) is 0 Å². The summed E-state index contributed by atoms with van der Waals surface area (Å²) < 4.78 is 1.96. The van der Waals surface area contributed by atoms with Crippen LogP contribution in [0, 0.1) is 13.8 Å². The first-order chi connectivity index (χ1) is 8.25. The lowest BCUT2D eigenvalue weighted by Crippen LogP contribution is -2.20. The van der Waals surface area contributed by atoms with Crippen LogP contribution < -0.4 is 5.32 Å². The van der Waals surface area contributed by atoms with E-state index < -0.39 is 0 Å². The summed E-state index contributed by atoms with van der Waals surface area (Å²) in [6.45, 7) is 6.76. The lowest BCUT2D eigenvalue weighted by molar-refractivity contribution is 0.553. The Morgan fingerprint density at radius 3 is 2.94 bits per heavy atom. The Hall–Kier alpha value is -1.68. The van der Waals surface area contributed by atoms with Crippen LogP contribution in [0.4, 0.5) is 0 Å². The third-order valence-electron chi connectivity index (χ3n) is 2.71. The molecule has 0 amide bonds. The molecule has 0 atom stereocenters. The van der Waals surface area contributed by atoms with Crippen molar-refractivity contribution in [2.24, 2.45) is 0 Å². The summed E-state index contributed by atoms with van der Waals surface area (Å²) in [5.41, 5.74) is 3.55. The lowest BCUT2D eigenvalue weighted by atomic mass is 10.2. The number of aryl methyl sites for hydroxylation is 2. The summed E-state index contributed by atoms with van der Waals surface area (Å²) in [7, 11) is 0. The van der Waals surface area contributed by atoms with Crippen LogP contribution in [0.1, 0.15) is 16.8 Å². The van der Waals surface area contributed by atoms with Gasteiger partial charge in [0.15, 0.2) is 0 Å². The van der Waals surface area contributed by atoms with Gasteiger partial charge in [-0.1, -0.05) is 6.07 Å². The van der Waals surface area contributed by atoms with Gasteiger partial charge in [0.05, 0.1) is 12.7 Å². The molecule has 0 aromatic carbocycles. The average molecular weight is 230 g/mol. The van der Waals surface area contributed by atoms with E-state index in [1.54, 1.807) is 0 Å². The summed E-state index contributed by atoms with van der Waals surface area (Å²) >= 11 is 0. The molecule has 4 heteroatoms. The number of nitrogens with one attached hydrogen (secondary N) is 1. The first kappa shape index (κ1) is 11.8. The van der Waals surface area contributed by atoms with Crippen molar-refractivity contribution in [1.82, 2.24) is 20.1 Å². The third-order valence-corrected chi connectivity index (χ3v) is 2.71. The molecule has 90 valence electrons. The minimum atomic E-state index is 0.861. The zero-order chi connectivity index (χ0) is 12.1. The van der Waals surface area contributed by atoms with Gasteiger partial charge in [0.1, 0.15) is 0 Å². The molecule has 0 unspecified atom stereocenters. The number of nitrogens with zero attached hydrogens (tertiary/aromatic N) is 3. The van der Waals surface area contributed by atoms with Crippen molar-refractivity contribution >= 4 is 0 Å². The van der Waals surface area contributed by atoms with Gasteiger partial charge in [0, 0.05) is 31.2 Å². The number of aromatic nitrogens is 3. The molecule has 0 aliphatic carbocycles. The van der Waals surface area contributed by atoms with Crippen molar-refractivity contribution < 1.29 is 0 Å². The highest BCUT2D eigenvalue weighted by molar-refractivity contribution is 5.17. The second-order valence-corrected chi connectivity index (χ2v) is 4.21. The monoisotopic (exact) mass is 230 g/mol. The van der Waals surface area contributed by atoms with E-state index >= 15 is 0 Å². The van der Waals surface area contributed by atoms with Crippen LogP contribution in [-0.4, -0.2) is 21.3 Å². The highest BCUT2D eigenvalue weighted by atomic mass is 15.3. The maximum Gasteiger partial charge on any atom is 0.0534 e. The van der Waals surface area contributed by atoms with Gasteiger partial charge in [-0.05, 0) is 31.0 Å². The van der Waals surface area contributed by atoms with Gasteiger partial charge in [0.25, 0.3) is 0 Å². The predicted molar refractivity (Wildman–Crippen MR) is 67.6 cm³/mol. The molecule has 2 rings (SSSR count). The van der Waals surface area contributed by atoms with Crippen LogP contribution in [0.25, 0.3) is 0 Å². The standard InChI is InChI=1S/C13H18N4/c1-11-8-16-17(10-11)7-6-14-9-13-4-3-5-15-12(13)2/h3-5,8,10,14H,6-7,9H2,1-2H3. The molecular weight excluding hydrogens is 212 g/mol. The van der Waals surface area contributed by atoms with Crippen molar-refractivity contribution in [3.8, 4) is 0 Å². The predicted octanol–water partition coefficient (Wildman–Crippen LogP) is 1.68. The molecule has 0 bridgehead atoms. The molecule has 2 aromatic rings. The number of hydrogen-bond acceptors (Lipinski definition) is 3. The Bertz CT molecular complexity index is 476. The third kappa shape index (κ3) is 3.39. The summed E-state index contributed by atoms with van der Waals surface area (Å²) in [5, 5.41) is 7.64. The second-order valence-electron chi connectivity index (χ2n) is 4.21. The molecule has 0 saturated heterocycles. The van der Waals surface area contributed by atoms with Crippen LogP contribution in [0.2, 0.25) is 0 Å².